The minimum absolute atomic E-state index is 0.00525. The van der Waals surface area contributed by atoms with E-state index in [-0.39, 0.29) is 18.0 Å². The molecule has 2 nitrogen and oxygen atoms in total. The third-order valence-electron chi connectivity index (χ3n) is 3.37. The molecule has 0 amide bonds. The lowest BCUT2D eigenvalue weighted by atomic mass is 9.93. The van der Waals surface area contributed by atoms with Gasteiger partial charge < -0.3 is 10.5 Å². The molecule has 0 saturated carbocycles. The summed E-state index contributed by atoms with van der Waals surface area (Å²) in [6.45, 7) is 2.85. The number of benzene rings is 1. The normalized spacial score (nSPS) is 26.1. The molecule has 1 aliphatic heterocycles. The van der Waals surface area contributed by atoms with Crippen molar-refractivity contribution in [2.45, 2.75) is 31.9 Å². The molecular formula is C13H17ClFNO. The highest BCUT2D eigenvalue weighted by Crippen LogP contribution is 2.26. The number of hydrogen-bond acceptors (Lipinski definition) is 2. The van der Waals surface area contributed by atoms with Crippen LogP contribution in [0.2, 0.25) is 5.02 Å². The van der Waals surface area contributed by atoms with Crippen molar-refractivity contribution in [3.05, 3.63) is 34.6 Å². The quantitative estimate of drug-likeness (QED) is 0.904. The van der Waals surface area contributed by atoms with Crippen molar-refractivity contribution in [3.63, 3.8) is 0 Å². The van der Waals surface area contributed by atoms with Crippen LogP contribution in [0, 0.1) is 11.7 Å². The second-order valence-corrected chi connectivity index (χ2v) is 5.08. The van der Waals surface area contributed by atoms with E-state index >= 15 is 0 Å². The lowest BCUT2D eigenvalue weighted by Gasteiger charge is -2.23. The Kier molecular flexibility index (Phi) is 4.02. The van der Waals surface area contributed by atoms with E-state index in [9.17, 15) is 4.39 Å². The van der Waals surface area contributed by atoms with E-state index in [1.807, 2.05) is 0 Å². The Bertz CT molecular complexity index is 379. The van der Waals surface area contributed by atoms with Crippen LogP contribution in [0.25, 0.3) is 0 Å². The standard InChI is InChI=1S/C13H17ClFNO/c1-8-5-6-17-13(8)12(16)7-9-10(14)3-2-4-11(9)15/h2-4,8,12-13H,5-7,16H2,1H3. The summed E-state index contributed by atoms with van der Waals surface area (Å²) >= 11 is 5.98. The summed E-state index contributed by atoms with van der Waals surface area (Å²) in [5.41, 5.74) is 6.58. The first-order chi connectivity index (χ1) is 8.09. The SMILES string of the molecule is CC1CCOC1C(N)Cc1c(F)cccc1Cl. The fourth-order valence-corrected chi connectivity index (χ4v) is 2.58. The molecule has 4 heteroatoms. The zero-order valence-corrected chi connectivity index (χ0v) is 10.6. The van der Waals surface area contributed by atoms with Crippen molar-refractivity contribution in [3.8, 4) is 0 Å². The van der Waals surface area contributed by atoms with Gasteiger partial charge in [-0.05, 0) is 30.9 Å². The summed E-state index contributed by atoms with van der Waals surface area (Å²) in [6.07, 6.45) is 1.44. The van der Waals surface area contributed by atoms with Gasteiger partial charge in [-0.3, -0.25) is 0 Å². The Morgan fingerprint density at radius 1 is 1.59 bits per heavy atom. The van der Waals surface area contributed by atoms with Crippen molar-refractivity contribution in [2.24, 2.45) is 11.7 Å². The maximum atomic E-state index is 13.6. The van der Waals surface area contributed by atoms with E-state index in [4.69, 9.17) is 22.1 Å². The average molecular weight is 258 g/mol. The number of rotatable bonds is 3. The molecule has 17 heavy (non-hydrogen) atoms. The summed E-state index contributed by atoms with van der Waals surface area (Å²) in [5.74, 6) is 0.133. The molecule has 1 fully saturated rings. The monoisotopic (exact) mass is 257 g/mol. The first kappa shape index (κ1) is 12.8. The molecular weight excluding hydrogens is 241 g/mol. The van der Waals surface area contributed by atoms with E-state index in [0.29, 0.717) is 22.9 Å². The van der Waals surface area contributed by atoms with Crippen molar-refractivity contribution < 1.29 is 9.13 Å². The van der Waals surface area contributed by atoms with Crippen LogP contribution in [0.15, 0.2) is 18.2 Å². The zero-order chi connectivity index (χ0) is 12.4. The number of nitrogens with two attached hydrogens (primary N) is 1. The highest BCUT2D eigenvalue weighted by Gasteiger charge is 2.30. The van der Waals surface area contributed by atoms with E-state index < -0.39 is 0 Å². The third-order valence-corrected chi connectivity index (χ3v) is 3.72. The first-order valence-electron chi connectivity index (χ1n) is 5.89. The molecule has 2 N–H and O–H groups in total. The molecule has 0 aromatic heterocycles. The van der Waals surface area contributed by atoms with Gasteiger partial charge in [-0.15, -0.1) is 0 Å². The molecule has 2 rings (SSSR count). The lowest BCUT2D eigenvalue weighted by Crippen LogP contribution is -2.39. The van der Waals surface area contributed by atoms with Crippen molar-refractivity contribution >= 4 is 11.6 Å². The van der Waals surface area contributed by atoms with Gasteiger partial charge in [0.2, 0.25) is 0 Å². The maximum Gasteiger partial charge on any atom is 0.127 e. The Hall–Kier alpha value is -0.640. The number of ether oxygens (including phenoxy) is 1. The first-order valence-corrected chi connectivity index (χ1v) is 6.27. The van der Waals surface area contributed by atoms with E-state index in [2.05, 4.69) is 6.92 Å². The van der Waals surface area contributed by atoms with Crippen LogP contribution in [0.5, 0.6) is 0 Å². The molecule has 94 valence electrons. The molecule has 0 aliphatic carbocycles. The summed E-state index contributed by atoms with van der Waals surface area (Å²) in [7, 11) is 0. The average Bonchev–Trinajstić information content (AvgIpc) is 2.70. The molecule has 3 unspecified atom stereocenters. The summed E-state index contributed by atoms with van der Waals surface area (Å²) in [6, 6.07) is 4.49. The summed E-state index contributed by atoms with van der Waals surface area (Å²) < 4.78 is 19.2. The Balaban J connectivity index is 2.10. The topological polar surface area (TPSA) is 35.2 Å². The maximum absolute atomic E-state index is 13.6. The molecule has 3 atom stereocenters. The van der Waals surface area contributed by atoms with Gasteiger partial charge in [0.15, 0.2) is 0 Å². The van der Waals surface area contributed by atoms with Crippen molar-refractivity contribution in [1.29, 1.82) is 0 Å². The van der Waals surface area contributed by atoms with Crippen LogP contribution in [-0.2, 0) is 11.2 Å². The van der Waals surface area contributed by atoms with Crippen LogP contribution in [0.3, 0.4) is 0 Å². The number of hydrogen-bond donors (Lipinski definition) is 1. The second-order valence-electron chi connectivity index (χ2n) is 4.67. The van der Waals surface area contributed by atoms with Gasteiger partial charge in [0.25, 0.3) is 0 Å². The Morgan fingerprint density at radius 2 is 2.35 bits per heavy atom. The second kappa shape index (κ2) is 5.34. The van der Waals surface area contributed by atoms with Gasteiger partial charge in [-0.25, -0.2) is 4.39 Å². The van der Waals surface area contributed by atoms with Crippen LogP contribution in [0.4, 0.5) is 4.39 Å². The zero-order valence-electron chi connectivity index (χ0n) is 9.83. The predicted octanol–water partition coefficient (Wildman–Crippen LogP) is 2.77. The molecule has 1 heterocycles. The van der Waals surface area contributed by atoms with Crippen LogP contribution in [-0.4, -0.2) is 18.8 Å². The van der Waals surface area contributed by atoms with Gasteiger partial charge in [-0.2, -0.15) is 0 Å². The number of halogens is 2. The molecule has 0 bridgehead atoms. The van der Waals surface area contributed by atoms with Crippen LogP contribution >= 0.6 is 11.6 Å². The molecule has 0 radical (unpaired) electrons. The fraction of sp³-hybridized carbons (Fsp3) is 0.538. The minimum Gasteiger partial charge on any atom is -0.376 e. The van der Waals surface area contributed by atoms with E-state index in [1.54, 1.807) is 12.1 Å². The molecule has 1 aromatic carbocycles. The van der Waals surface area contributed by atoms with E-state index in [1.165, 1.54) is 6.07 Å². The van der Waals surface area contributed by atoms with Crippen molar-refractivity contribution in [2.75, 3.05) is 6.61 Å². The predicted molar refractivity (Wildman–Crippen MR) is 66.6 cm³/mol. The smallest absolute Gasteiger partial charge is 0.127 e. The van der Waals surface area contributed by atoms with Gasteiger partial charge in [-0.1, -0.05) is 24.6 Å². The highest BCUT2D eigenvalue weighted by molar-refractivity contribution is 6.31. The largest absolute Gasteiger partial charge is 0.376 e. The van der Waals surface area contributed by atoms with Crippen LogP contribution < -0.4 is 5.73 Å². The highest BCUT2D eigenvalue weighted by atomic mass is 35.5. The molecule has 1 aromatic rings. The summed E-state index contributed by atoms with van der Waals surface area (Å²) in [5, 5.41) is 0.436. The van der Waals surface area contributed by atoms with Gasteiger partial charge >= 0.3 is 0 Å². The van der Waals surface area contributed by atoms with E-state index in [0.717, 1.165) is 13.0 Å². The minimum atomic E-state index is -0.293. The van der Waals surface area contributed by atoms with Crippen molar-refractivity contribution in [1.82, 2.24) is 0 Å². The Morgan fingerprint density at radius 3 is 2.94 bits per heavy atom. The van der Waals surface area contributed by atoms with Gasteiger partial charge in [0.05, 0.1) is 6.10 Å². The fourth-order valence-electron chi connectivity index (χ4n) is 2.34. The molecule has 1 saturated heterocycles. The lowest BCUT2D eigenvalue weighted by molar-refractivity contribution is 0.0724. The molecule has 0 spiro atoms. The summed E-state index contributed by atoms with van der Waals surface area (Å²) in [4.78, 5) is 0. The van der Waals surface area contributed by atoms with Gasteiger partial charge in [0, 0.05) is 23.2 Å². The van der Waals surface area contributed by atoms with Crippen LogP contribution in [0.1, 0.15) is 18.9 Å². The molecule has 1 aliphatic rings. The third kappa shape index (κ3) is 2.79. The Labute approximate surface area is 106 Å². The van der Waals surface area contributed by atoms with Gasteiger partial charge in [0.1, 0.15) is 5.82 Å².